The minimum absolute atomic E-state index is 0.0530. The topological polar surface area (TPSA) is 45.4 Å². The summed E-state index contributed by atoms with van der Waals surface area (Å²) in [5.74, 6) is 1.03. The number of hydrogen-bond donors (Lipinski definition) is 1. The van der Waals surface area contributed by atoms with Crippen LogP contribution >= 0.6 is 0 Å². The van der Waals surface area contributed by atoms with E-state index in [1.54, 1.807) is 0 Å². The number of anilines is 1. The fourth-order valence-corrected chi connectivity index (χ4v) is 2.82. The van der Waals surface area contributed by atoms with Crippen LogP contribution in [0.25, 0.3) is 0 Å². The molecule has 0 aromatic carbocycles. The molecule has 4 nitrogen and oxygen atoms in total. The Hall–Kier alpha value is -1.13. The smallest absolute Gasteiger partial charge is 0.128 e. The molecule has 0 spiro atoms. The second-order valence-corrected chi connectivity index (χ2v) is 5.54. The van der Waals surface area contributed by atoms with Gasteiger partial charge in [0.05, 0.1) is 0 Å². The molecule has 2 heterocycles. The molecule has 1 unspecified atom stereocenters. The summed E-state index contributed by atoms with van der Waals surface area (Å²) in [6.07, 6.45) is 4.52. The largest absolute Gasteiger partial charge is 0.358 e. The monoisotopic (exact) mass is 262 g/mol. The second kappa shape index (κ2) is 6.35. The molecule has 1 aromatic rings. The van der Waals surface area contributed by atoms with Crippen LogP contribution in [0.15, 0.2) is 18.3 Å². The average Bonchev–Trinajstić information content (AvgIpc) is 2.86. The minimum Gasteiger partial charge on any atom is -0.358 e. The van der Waals surface area contributed by atoms with Gasteiger partial charge in [-0.2, -0.15) is 0 Å². The first-order chi connectivity index (χ1) is 9.11. The Bertz CT molecular complexity index is 388. The van der Waals surface area contributed by atoms with Crippen molar-refractivity contribution in [2.45, 2.75) is 38.8 Å². The van der Waals surface area contributed by atoms with Crippen molar-refractivity contribution in [3.05, 3.63) is 23.9 Å². The maximum absolute atomic E-state index is 5.85. The zero-order valence-corrected chi connectivity index (χ0v) is 12.3. The zero-order chi connectivity index (χ0) is 13.8. The lowest BCUT2D eigenvalue weighted by molar-refractivity contribution is 0.270. The highest BCUT2D eigenvalue weighted by Crippen LogP contribution is 2.20. The first-order valence-electron chi connectivity index (χ1n) is 7.28. The summed E-state index contributed by atoms with van der Waals surface area (Å²) in [7, 11) is 2.13. The van der Waals surface area contributed by atoms with E-state index >= 15 is 0 Å². The van der Waals surface area contributed by atoms with E-state index in [4.69, 9.17) is 5.73 Å². The van der Waals surface area contributed by atoms with Crippen molar-refractivity contribution in [1.82, 2.24) is 9.88 Å². The molecular formula is C15H26N4. The third-order valence-electron chi connectivity index (χ3n) is 4.08. The third kappa shape index (κ3) is 3.45. The van der Waals surface area contributed by atoms with E-state index in [0.29, 0.717) is 6.04 Å². The quantitative estimate of drug-likeness (QED) is 0.882. The zero-order valence-electron chi connectivity index (χ0n) is 12.3. The van der Waals surface area contributed by atoms with Crippen molar-refractivity contribution in [2.24, 2.45) is 5.73 Å². The molecule has 1 saturated heterocycles. The van der Waals surface area contributed by atoms with Crippen LogP contribution in [-0.4, -0.2) is 42.6 Å². The van der Waals surface area contributed by atoms with Gasteiger partial charge in [0.2, 0.25) is 0 Å². The molecule has 19 heavy (non-hydrogen) atoms. The molecule has 1 aliphatic heterocycles. The van der Waals surface area contributed by atoms with Gasteiger partial charge < -0.3 is 10.6 Å². The minimum atomic E-state index is 0.0530. The van der Waals surface area contributed by atoms with Gasteiger partial charge in [-0.25, -0.2) is 4.98 Å². The molecule has 0 aliphatic carbocycles. The predicted molar refractivity (Wildman–Crippen MR) is 80.4 cm³/mol. The Morgan fingerprint density at radius 2 is 2.32 bits per heavy atom. The molecule has 2 N–H and O–H groups in total. The van der Waals surface area contributed by atoms with Crippen molar-refractivity contribution in [3.8, 4) is 0 Å². The summed E-state index contributed by atoms with van der Waals surface area (Å²) in [4.78, 5) is 9.34. The Morgan fingerprint density at radius 3 is 2.89 bits per heavy atom. The maximum Gasteiger partial charge on any atom is 0.128 e. The Labute approximate surface area is 116 Å². The number of pyridine rings is 1. The van der Waals surface area contributed by atoms with Gasteiger partial charge in [0, 0.05) is 31.9 Å². The number of likely N-dealkylation sites (tertiary alicyclic amines) is 1. The van der Waals surface area contributed by atoms with Gasteiger partial charge in [-0.1, -0.05) is 13.0 Å². The van der Waals surface area contributed by atoms with Crippen LogP contribution in [0.2, 0.25) is 0 Å². The van der Waals surface area contributed by atoms with Crippen LogP contribution in [0.4, 0.5) is 5.82 Å². The summed E-state index contributed by atoms with van der Waals surface area (Å²) in [5, 5.41) is 0. The summed E-state index contributed by atoms with van der Waals surface area (Å²) >= 11 is 0. The number of rotatable bonds is 5. The lowest BCUT2D eigenvalue weighted by Gasteiger charge is -2.28. The van der Waals surface area contributed by atoms with Crippen molar-refractivity contribution < 1.29 is 0 Å². The average molecular weight is 262 g/mol. The molecule has 1 aliphatic rings. The van der Waals surface area contributed by atoms with Crippen molar-refractivity contribution >= 4 is 5.82 Å². The molecule has 1 fully saturated rings. The first-order valence-corrected chi connectivity index (χ1v) is 7.28. The number of nitrogens with zero attached hydrogens (tertiary/aromatic N) is 3. The highest BCUT2D eigenvalue weighted by atomic mass is 15.2. The van der Waals surface area contributed by atoms with Gasteiger partial charge in [-0.3, -0.25) is 4.90 Å². The number of likely N-dealkylation sites (N-methyl/N-ethyl adjacent to an activating group) is 2. The first kappa shape index (κ1) is 14.3. The van der Waals surface area contributed by atoms with Crippen molar-refractivity contribution in [1.29, 1.82) is 0 Å². The van der Waals surface area contributed by atoms with E-state index in [2.05, 4.69) is 40.9 Å². The number of aromatic nitrogens is 1. The van der Waals surface area contributed by atoms with E-state index in [9.17, 15) is 0 Å². The predicted octanol–water partition coefficient (Wildman–Crippen LogP) is 2.02. The van der Waals surface area contributed by atoms with E-state index in [-0.39, 0.29) is 6.04 Å². The lowest BCUT2D eigenvalue weighted by Crippen LogP contribution is -2.39. The normalized spacial score (nSPS) is 21.6. The molecule has 0 amide bonds. The van der Waals surface area contributed by atoms with Gasteiger partial charge in [-0.15, -0.1) is 0 Å². The molecular weight excluding hydrogens is 236 g/mol. The van der Waals surface area contributed by atoms with E-state index in [1.165, 1.54) is 19.4 Å². The van der Waals surface area contributed by atoms with Gasteiger partial charge in [0.25, 0.3) is 0 Å². The Balaban J connectivity index is 1.97. The molecule has 2 atom stereocenters. The van der Waals surface area contributed by atoms with Gasteiger partial charge in [0.15, 0.2) is 0 Å². The fraction of sp³-hybridized carbons (Fsp3) is 0.667. The number of nitrogens with two attached hydrogens (primary N) is 1. The third-order valence-corrected chi connectivity index (χ3v) is 4.08. The van der Waals surface area contributed by atoms with E-state index < -0.39 is 0 Å². The Morgan fingerprint density at radius 1 is 1.53 bits per heavy atom. The molecule has 0 saturated carbocycles. The number of hydrogen-bond acceptors (Lipinski definition) is 4. The standard InChI is InChI=1S/C15H26N4/c1-4-19-9-5-6-14(19)11-18(3)15-8-7-13(10-17-15)12(2)16/h7-8,10,12,14H,4-6,9,11,16H2,1-3H3/t12-,14?/m1/s1. The van der Waals surface area contributed by atoms with Crippen molar-refractivity contribution in [2.75, 3.05) is 31.6 Å². The van der Waals surface area contributed by atoms with Crippen molar-refractivity contribution in [3.63, 3.8) is 0 Å². The summed E-state index contributed by atoms with van der Waals surface area (Å²) in [6.45, 7) is 7.67. The molecule has 1 aromatic heterocycles. The molecule has 106 valence electrons. The highest BCUT2D eigenvalue weighted by Gasteiger charge is 2.24. The van der Waals surface area contributed by atoms with Crippen LogP contribution in [0.1, 0.15) is 38.3 Å². The van der Waals surface area contributed by atoms with Crippen LogP contribution in [0.5, 0.6) is 0 Å². The van der Waals surface area contributed by atoms with E-state index in [0.717, 1.165) is 24.5 Å². The molecule has 2 rings (SSSR count). The van der Waals surface area contributed by atoms with Gasteiger partial charge in [-0.05, 0) is 44.5 Å². The molecule has 0 bridgehead atoms. The van der Waals surface area contributed by atoms with Crippen LogP contribution in [0.3, 0.4) is 0 Å². The van der Waals surface area contributed by atoms with Crippen LogP contribution in [-0.2, 0) is 0 Å². The lowest BCUT2D eigenvalue weighted by atomic mass is 10.1. The second-order valence-electron chi connectivity index (χ2n) is 5.54. The van der Waals surface area contributed by atoms with Gasteiger partial charge >= 0.3 is 0 Å². The molecule has 0 radical (unpaired) electrons. The van der Waals surface area contributed by atoms with Crippen LogP contribution in [0, 0.1) is 0 Å². The maximum atomic E-state index is 5.85. The summed E-state index contributed by atoms with van der Waals surface area (Å²) < 4.78 is 0. The summed E-state index contributed by atoms with van der Waals surface area (Å²) in [6, 6.07) is 4.88. The fourth-order valence-electron chi connectivity index (χ4n) is 2.82. The molecule has 4 heteroatoms. The SMILES string of the molecule is CCN1CCCC1CN(C)c1ccc([C@@H](C)N)cn1. The summed E-state index contributed by atoms with van der Waals surface area (Å²) in [5.41, 5.74) is 6.94. The van der Waals surface area contributed by atoms with E-state index in [1.807, 2.05) is 13.1 Å². The highest BCUT2D eigenvalue weighted by molar-refractivity contribution is 5.39. The van der Waals surface area contributed by atoms with Gasteiger partial charge in [0.1, 0.15) is 5.82 Å². The Kier molecular flexibility index (Phi) is 4.77. The van der Waals surface area contributed by atoms with Crippen LogP contribution < -0.4 is 10.6 Å².